The van der Waals surface area contributed by atoms with Crippen LogP contribution in [-0.4, -0.2) is 53.5 Å². The zero-order chi connectivity index (χ0) is 18.2. The molecule has 0 aliphatic carbocycles. The first-order chi connectivity index (χ1) is 12.0. The molecular formula is C17H24ClN3O5. The average Bonchev–Trinajstić information content (AvgIpc) is 2.59. The van der Waals surface area contributed by atoms with Crippen molar-refractivity contribution in [2.24, 2.45) is 5.73 Å². The Bertz CT molecular complexity index is 623. The van der Waals surface area contributed by atoms with E-state index in [1.54, 1.807) is 29.2 Å². The lowest BCUT2D eigenvalue weighted by Crippen LogP contribution is -2.48. The lowest BCUT2D eigenvalue weighted by atomic mass is 10.0. The van der Waals surface area contributed by atoms with Gasteiger partial charge in [-0.15, -0.1) is 12.4 Å². The first-order valence-corrected chi connectivity index (χ1v) is 8.19. The summed E-state index contributed by atoms with van der Waals surface area (Å²) in [6.45, 7) is 0.851. The Kier molecular flexibility index (Phi) is 8.87. The highest BCUT2D eigenvalue weighted by atomic mass is 35.5. The average molecular weight is 386 g/mol. The van der Waals surface area contributed by atoms with Gasteiger partial charge in [-0.25, -0.2) is 0 Å². The highest BCUT2D eigenvalue weighted by Crippen LogP contribution is 2.17. The number of aliphatic carboxylic acids is 1. The van der Waals surface area contributed by atoms with Crippen molar-refractivity contribution in [2.75, 3.05) is 19.7 Å². The second-order valence-electron chi connectivity index (χ2n) is 6.00. The summed E-state index contributed by atoms with van der Waals surface area (Å²) >= 11 is 0. The van der Waals surface area contributed by atoms with E-state index in [0.29, 0.717) is 25.3 Å². The molecule has 8 nitrogen and oxygen atoms in total. The number of primary amides is 1. The van der Waals surface area contributed by atoms with Crippen LogP contribution in [0.3, 0.4) is 0 Å². The zero-order valence-corrected chi connectivity index (χ0v) is 15.2. The number of hydrogen-bond donors (Lipinski definition) is 3. The summed E-state index contributed by atoms with van der Waals surface area (Å²) < 4.78 is 5.16. The zero-order valence-electron chi connectivity index (χ0n) is 14.3. The molecule has 9 heteroatoms. The second kappa shape index (κ2) is 10.6. The van der Waals surface area contributed by atoms with Gasteiger partial charge in [0, 0.05) is 6.54 Å². The number of hydrogen-bond acceptors (Lipinski definition) is 5. The van der Waals surface area contributed by atoms with E-state index in [1.807, 2.05) is 0 Å². The van der Waals surface area contributed by atoms with Crippen LogP contribution in [-0.2, 0) is 20.9 Å². The Morgan fingerprint density at radius 3 is 2.54 bits per heavy atom. The number of benzene rings is 1. The van der Waals surface area contributed by atoms with E-state index < -0.39 is 17.9 Å². The molecule has 1 aromatic carbocycles. The first kappa shape index (κ1) is 21.7. The number of carbonyl (C=O) groups is 3. The summed E-state index contributed by atoms with van der Waals surface area (Å²) in [5.74, 6) is -1.11. The number of amides is 2. The van der Waals surface area contributed by atoms with Gasteiger partial charge in [0.1, 0.15) is 11.8 Å². The topological polar surface area (TPSA) is 122 Å². The molecule has 0 saturated carbocycles. The lowest BCUT2D eigenvalue weighted by Gasteiger charge is -2.32. The van der Waals surface area contributed by atoms with Gasteiger partial charge in [-0.05, 0) is 37.1 Å². The maximum atomic E-state index is 12.1. The Balaban J connectivity index is 0.00000338. The predicted molar refractivity (Wildman–Crippen MR) is 97.1 cm³/mol. The number of halogens is 1. The summed E-state index contributed by atoms with van der Waals surface area (Å²) in [5, 5.41) is 12.0. The molecular weight excluding hydrogens is 362 g/mol. The standard InChI is InChI=1S/C17H23N3O5.ClH/c18-15(21)11-25-13-6-4-12(5-7-13)9-19-16(22)10-20-8-2-1-3-14(20)17(23)24;/h4-7,14H,1-3,8-11H2,(H2,18,21)(H,19,22)(H,23,24);1H. The molecule has 1 unspecified atom stereocenters. The largest absolute Gasteiger partial charge is 0.484 e. The van der Waals surface area contributed by atoms with E-state index in [0.717, 1.165) is 18.4 Å². The maximum absolute atomic E-state index is 12.1. The van der Waals surface area contributed by atoms with Crippen LogP contribution in [0, 0.1) is 0 Å². The fourth-order valence-electron chi connectivity index (χ4n) is 2.76. The van der Waals surface area contributed by atoms with Gasteiger partial charge in [-0.2, -0.15) is 0 Å². The second-order valence-corrected chi connectivity index (χ2v) is 6.00. The van der Waals surface area contributed by atoms with Crippen LogP contribution in [0.15, 0.2) is 24.3 Å². The van der Waals surface area contributed by atoms with Crippen molar-refractivity contribution in [1.82, 2.24) is 10.2 Å². The molecule has 1 aromatic rings. The van der Waals surface area contributed by atoms with Gasteiger partial charge >= 0.3 is 5.97 Å². The Morgan fingerprint density at radius 1 is 1.23 bits per heavy atom. The van der Waals surface area contributed by atoms with Gasteiger partial charge in [0.25, 0.3) is 5.91 Å². The molecule has 0 radical (unpaired) electrons. The molecule has 1 heterocycles. The Labute approximate surface area is 158 Å². The van der Waals surface area contributed by atoms with Crippen molar-refractivity contribution >= 4 is 30.2 Å². The SMILES string of the molecule is Cl.NC(=O)COc1ccc(CNC(=O)CN2CCCCC2C(=O)O)cc1. The minimum absolute atomic E-state index is 0. The summed E-state index contributed by atoms with van der Waals surface area (Å²) in [7, 11) is 0. The third-order valence-corrected chi connectivity index (χ3v) is 4.04. The smallest absolute Gasteiger partial charge is 0.320 e. The number of carboxylic acids is 1. The molecule has 0 spiro atoms. The summed E-state index contributed by atoms with van der Waals surface area (Å²) in [6.07, 6.45) is 2.36. The Morgan fingerprint density at radius 2 is 1.92 bits per heavy atom. The minimum atomic E-state index is -0.876. The van der Waals surface area contributed by atoms with Crippen molar-refractivity contribution in [3.8, 4) is 5.75 Å². The van der Waals surface area contributed by atoms with Crippen molar-refractivity contribution < 1.29 is 24.2 Å². The van der Waals surface area contributed by atoms with Crippen LogP contribution in [0.2, 0.25) is 0 Å². The van der Waals surface area contributed by atoms with Crippen molar-refractivity contribution in [3.63, 3.8) is 0 Å². The molecule has 26 heavy (non-hydrogen) atoms. The molecule has 1 fully saturated rings. The minimum Gasteiger partial charge on any atom is -0.484 e. The van der Waals surface area contributed by atoms with Crippen LogP contribution in [0.1, 0.15) is 24.8 Å². The number of likely N-dealkylation sites (tertiary alicyclic amines) is 1. The molecule has 1 atom stereocenters. The Hall–Kier alpha value is -2.32. The van der Waals surface area contributed by atoms with E-state index in [1.165, 1.54) is 0 Å². The van der Waals surface area contributed by atoms with E-state index in [9.17, 15) is 19.5 Å². The van der Waals surface area contributed by atoms with Crippen molar-refractivity contribution in [3.05, 3.63) is 29.8 Å². The van der Waals surface area contributed by atoms with E-state index >= 15 is 0 Å². The number of nitrogens with zero attached hydrogens (tertiary/aromatic N) is 1. The molecule has 1 saturated heterocycles. The van der Waals surface area contributed by atoms with Crippen LogP contribution in [0.4, 0.5) is 0 Å². The van der Waals surface area contributed by atoms with Crippen molar-refractivity contribution in [2.45, 2.75) is 31.8 Å². The third kappa shape index (κ3) is 6.89. The highest BCUT2D eigenvalue weighted by molar-refractivity contribution is 5.85. The number of rotatable bonds is 8. The van der Waals surface area contributed by atoms with Crippen LogP contribution in [0.25, 0.3) is 0 Å². The van der Waals surface area contributed by atoms with Crippen LogP contribution in [0.5, 0.6) is 5.75 Å². The quantitative estimate of drug-likeness (QED) is 0.600. The lowest BCUT2D eigenvalue weighted by molar-refractivity contribution is -0.145. The number of piperidine rings is 1. The van der Waals surface area contributed by atoms with E-state index in [4.69, 9.17) is 10.5 Å². The summed E-state index contributed by atoms with van der Waals surface area (Å²) in [6, 6.07) is 6.35. The molecule has 0 aromatic heterocycles. The van der Waals surface area contributed by atoms with Gasteiger partial charge < -0.3 is 20.9 Å². The van der Waals surface area contributed by atoms with Gasteiger partial charge in [0.05, 0.1) is 6.54 Å². The van der Waals surface area contributed by atoms with Gasteiger partial charge in [-0.3, -0.25) is 19.3 Å². The van der Waals surface area contributed by atoms with Crippen LogP contribution >= 0.6 is 12.4 Å². The molecule has 2 rings (SSSR count). The molecule has 144 valence electrons. The highest BCUT2D eigenvalue weighted by Gasteiger charge is 2.29. The number of carboxylic acid groups (broad SMARTS) is 1. The predicted octanol–water partition coefficient (Wildman–Crippen LogP) is 0.528. The molecule has 1 aliphatic rings. The fourth-order valence-corrected chi connectivity index (χ4v) is 2.76. The number of nitrogens with two attached hydrogens (primary N) is 1. The normalized spacial score (nSPS) is 17.0. The first-order valence-electron chi connectivity index (χ1n) is 8.19. The number of carbonyl (C=O) groups excluding carboxylic acids is 2. The van der Waals surface area contributed by atoms with Gasteiger partial charge in [0.2, 0.25) is 5.91 Å². The molecule has 1 aliphatic heterocycles. The van der Waals surface area contributed by atoms with E-state index in [2.05, 4.69) is 5.32 Å². The third-order valence-electron chi connectivity index (χ3n) is 4.04. The monoisotopic (exact) mass is 385 g/mol. The summed E-state index contributed by atoms with van der Waals surface area (Å²) in [5.41, 5.74) is 5.87. The fraction of sp³-hybridized carbons (Fsp3) is 0.471. The number of ether oxygens (including phenoxy) is 1. The number of nitrogens with one attached hydrogen (secondary N) is 1. The molecule has 2 amide bonds. The van der Waals surface area contributed by atoms with Crippen LogP contribution < -0.4 is 15.8 Å². The maximum Gasteiger partial charge on any atom is 0.320 e. The van der Waals surface area contributed by atoms with Gasteiger partial charge in [-0.1, -0.05) is 18.6 Å². The van der Waals surface area contributed by atoms with Crippen molar-refractivity contribution in [1.29, 1.82) is 0 Å². The molecule has 0 bridgehead atoms. The molecule has 4 N–H and O–H groups in total. The van der Waals surface area contributed by atoms with Gasteiger partial charge in [0.15, 0.2) is 6.61 Å². The summed E-state index contributed by atoms with van der Waals surface area (Å²) in [4.78, 5) is 35.7. The van der Waals surface area contributed by atoms with E-state index in [-0.39, 0.29) is 31.5 Å².